The lowest BCUT2D eigenvalue weighted by Crippen LogP contribution is -2.39. The molecule has 1 N–H and O–H groups in total. The normalized spacial score (nSPS) is 14.7. The van der Waals surface area contributed by atoms with Gasteiger partial charge in [0.1, 0.15) is 0 Å². The number of fused-ring (bicyclic) bond motifs is 1. The summed E-state index contributed by atoms with van der Waals surface area (Å²) >= 11 is 0. The number of hydrogen-bond donors (Lipinski definition) is 1. The van der Waals surface area contributed by atoms with Gasteiger partial charge in [-0.05, 0) is 53.9 Å². The van der Waals surface area contributed by atoms with Gasteiger partial charge in [0.05, 0.1) is 30.5 Å². The molecule has 0 radical (unpaired) electrons. The van der Waals surface area contributed by atoms with E-state index >= 15 is 0 Å². The van der Waals surface area contributed by atoms with Gasteiger partial charge in [0, 0.05) is 31.0 Å². The number of carbonyl (C=O) groups is 1. The number of nitrogens with zero attached hydrogens (tertiary/aromatic N) is 4. The first-order valence-corrected chi connectivity index (χ1v) is 11.5. The van der Waals surface area contributed by atoms with Crippen LogP contribution in [0.15, 0.2) is 67.0 Å². The lowest BCUT2D eigenvalue weighted by atomic mass is 10.0. The fourth-order valence-corrected chi connectivity index (χ4v) is 4.23. The second kappa shape index (κ2) is 9.57. The molecule has 2 aromatic heterocycles. The van der Waals surface area contributed by atoms with Gasteiger partial charge >= 0.3 is 0 Å². The summed E-state index contributed by atoms with van der Waals surface area (Å²) in [6.45, 7) is 6.50. The Kier molecular flexibility index (Phi) is 6.18. The van der Waals surface area contributed by atoms with Gasteiger partial charge < -0.3 is 15.0 Å². The number of pyridine rings is 1. The number of nitrogens with one attached hydrogen (secondary N) is 1. The molecule has 0 spiro atoms. The Hall–Kier alpha value is -3.84. The Balaban J connectivity index is 1.47. The predicted octanol–water partition coefficient (Wildman–Crippen LogP) is 4.33. The van der Waals surface area contributed by atoms with Gasteiger partial charge in [0.25, 0.3) is 5.91 Å². The maximum absolute atomic E-state index is 13.6. The van der Waals surface area contributed by atoms with Crippen LogP contribution in [0, 0.1) is 6.92 Å². The van der Waals surface area contributed by atoms with E-state index in [1.165, 1.54) is 5.39 Å². The Labute approximate surface area is 198 Å². The van der Waals surface area contributed by atoms with Crippen LogP contribution in [-0.4, -0.2) is 47.4 Å². The van der Waals surface area contributed by atoms with Crippen LogP contribution in [0.5, 0.6) is 0 Å². The molecule has 4 aromatic rings. The summed E-state index contributed by atoms with van der Waals surface area (Å²) in [5, 5.41) is 14.4. The Morgan fingerprint density at radius 1 is 1.00 bits per heavy atom. The highest BCUT2D eigenvalue weighted by atomic mass is 16.5. The summed E-state index contributed by atoms with van der Waals surface area (Å²) in [5.41, 5.74) is 4.02. The second-order valence-corrected chi connectivity index (χ2v) is 8.62. The maximum atomic E-state index is 13.6. The molecule has 1 fully saturated rings. The van der Waals surface area contributed by atoms with Gasteiger partial charge in [0.15, 0.2) is 5.82 Å². The molecule has 1 amide bonds. The van der Waals surface area contributed by atoms with Crippen molar-refractivity contribution in [1.29, 1.82) is 0 Å². The van der Waals surface area contributed by atoms with Crippen LogP contribution < -0.4 is 10.2 Å². The molecule has 0 saturated carbocycles. The minimum Gasteiger partial charge on any atom is -0.378 e. The summed E-state index contributed by atoms with van der Waals surface area (Å²) in [6, 6.07) is 18.1. The number of amides is 1. The van der Waals surface area contributed by atoms with Crippen molar-refractivity contribution in [2.45, 2.75) is 19.9 Å². The zero-order chi connectivity index (χ0) is 23.5. The molecule has 34 heavy (non-hydrogen) atoms. The fraction of sp³-hybridized carbons (Fsp3) is 0.259. The number of hydrogen-bond acceptors (Lipinski definition) is 6. The van der Waals surface area contributed by atoms with E-state index in [2.05, 4.69) is 55.7 Å². The van der Waals surface area contributed by atoms with E-state index in [-0.39, 0.29) is 11.9 Å². The van der Waals surface area contributed by atoms with Crippen molar-refractivity contribution in [3.63, 3.8) is 0 Å². The minimum absolute atomic E-state index is 0.174. The first kappa shape index (κ1) is 22.0. The third-order valence-electron chi connectivity index (χ3n) is 6.12. The van der Waals surface area contributed by atoms with Crippen molar-refractivity contribution in [1.82, 2.24) is 20.5 Å². The van der Waals surface area contributed by atoms with E-state index in [4.69, 9.17) is 4.74 Å². The van der Waals surface area contributed by atoms with Crippen LogP contribution in [0.4, 0.5) is 5.82 Å². The Bertz CT molecular complexity index is 1330. The highest BCUT2D eigenvalue weighted by Gasteiger charge is 2.23. The topological polar surface area (TPSA) is 80.2 Å². The van der Waals surface area contributed by atoms with Crippen molar-refractivity contribution < 1.29 is 9.53 Å². The molecule has 7 heteroatoms. The number of anilines is 1. The number of benzene rings is 2. The molecule has 1 atom stereocenters. The van der Waals surface area contributed by atoms with Crippen LogP contribution in [0.25, 0.3) is 22.0 Å². The van der Waals surface area contributed by atoms with Crippen LogP contribution >= 0.6 is 0 Å². The molecule has 5 rings (SSSR count). The van der Waals surface area contributed by atoms with E-state index in [0.717, 1.165) is 22.1 Å². The highest BCUT2D eigenvalue weighted by molar-refractivity contribution is 6.00. The van der Waals surface area contributed by atoms with Crippen molar-refractivity contribution in [2.75, 3.05) is 31.2 Å². The standard InChI is InChI=1S/C27H27N5O2/c1-18-13-23(17-28-16-18)25-15-24(26(31-30-25)32-9-11-34-12-10-32)27(33)29-19(2)21-8-7-20-5-3-4-6-22(20)14-21/h3-8,13-17,19H,9-12H2,1-2H3,(H,29,33). The van der Waals surface area contributed by atoms with Gasteiger partial charge in [0.2, 0.25) is 0 Å². The molecule has 3 heterocycles. The van der Waals surface area contributed by atoms with Crippen molar-refractivity contribution >= 4 is 22.5 Å². The monoisotopic (exact) mass is 453 g/mol. The number of aryl methyl sites for hydroxylation is 1. The molecule has 1 aliphatic rings. The Morgan fingerprint density at radius 2 is 1.79 bits per heavy atom. The molecule has 0 bridgehead atoms. The molecule has 172 valence electrons. The molecule has 1 saturated heterocycles. The van der Waals surface area contributed by atoms with Crippen LogP contribution in [0.2, 0.25) is 0 Å². The van der Waals surface area contributed by atoms with E-state index in [0.29, 0.717) is 43.4 Å². The lowest BCUT2D eigenvalue weighted by Gasteiger charge is -2.29. The largest absolute Gasteiger partial charge is 0.378 e. The van der Waals surface area contributed by atoms with Crippen LogP contribution in [0.1, 0.15) is 34.5 Å². The van der Waals surface area contributed by atoms with Gasteiger partial charge in [-0.15, -0.1) is 10.2 Å². The number of carbonyl (C=O) groups excluding carboxylic acids is 1. The maximum Gasteiger partial charge on any atom is 0.255 e. The lowest BCUT2D eigenvalue weighted by molar-refractivity contribution is 0.0937. The average molecular weight is 454 g/mol. The third kappa shape index (κ3) is 4.61. The quantitative estimate of drug-likeness (QED) is 0.485. The summed E-state index contributed by atoms with van der Waals surface area (Å²) < 4.78 is 5.49. The second-order valence-electron chi connectivity index (χ2n) is 8.62. The summed E-state index contributed by atoms with van der Waals surface area (Å²) in [7, 11) is 0. The van der Waals surface area contributed by atoms with Crippen molar-refractivity contribution in [2.24, 2.45) is 0 Å². The highest BCUT2D eigenvalue weighted by Crippen LogP contribution is 2.26. The van der Waals surface area contributed by atoms with Gasteiger partial charge in [-0.2, -0.15) is 0 Å². The molecule has 0 aliphatic carbocycles. The van der Waals surface area contributed by atoms with Gasteiger partial charge in [-0.3, -0.25) is 9.78 Å². The summed E-state index contributed by atoms with van der Waals surface area (Å²) in [4.78, 5) is 19.9. The van der Waals surface area contributed by atoms with Gasteiger partial charge in [-0.1, -0.05) is 36.4 Å². The summed E-state index contributed by atoms with van der Waals surface area (Å²) in [5.74, 6) is 0.398. The minimum atomic E-state index is -0.182. The first-order chi connectivity index (χ1) is 16.6. The molecular weight excluding hydrogens is 426 g/mol. The van der Waals surface area contributed by atoms with Crippen molar-refractivity contribution in [3.05, 3.63) is 83.7 Å². The third-order valence-corrected chi connectivity index (χ3v) is 6.12. The van der Waals surface area contributed by atoms with E-state index in [9.17, 15) is 4.79 Å². The number of ether oxygens (including phenoxy) is 1. The first-order valence-electron chi connectivity index (χ1n) is 11.5. The summed E-state index contributed by atoms with van der Waals surface area (Å²) in [6.07, 6.45) is 3.53. The molecule has 1 unspecified atom stereocenters. The van der Waals surface area contributed by atoms with E-state index < -0.39 is 0 Å². The number of rotatable bonds is 5. The van der Waals surface area contributed by atoms with E-state index in [1.54, 1.807) is 12.4 Å². The van der Waals surface area contributed by atoms with E-state index in [1.807, 2.05) is 38.1 Å². The zero-order valence-corrected chi connectivity index (χ0v) is 19.4. The van der Waals surface area contributed by atoms with Gasteiger partial charge in [-0.25, -0.2) is 0 Å². The van der Waals surface area contributed by atoms with Crippen LogP contribution in [0.3, 0.4) is 0 Å². The molecular formula is C27H27N5O2. The SMILES string of the molecule is Cc1cncc(-c2cc(C(=O)NC(C)c3ccc4ccccc4c3)c(N3CCOCC3)nn2)c1. The Morgan fingerprint density at radius 3 is 2.59 bits per heavy atom. The zero-order valence-electron chi connectivity index (χ0n) is 19.4. The van der Waals surface area contributed by atoms with Crippen molar-refractivity contribution in [3.8, 4) is 11.3 Å². The molecule has 7 nitrogen and oxygen atoms in total. The smallest absolute Gasteiger partial charge is 0.255 e. The predicted molar refractivity (Wildman–Crippen MR) is 133 cm³/mol. The molecule has 2 aromatic carbocycles. The van der Waals surface area contributed by atoms with Crippen LogP contribution in [-0.2, 0) is 4.74 Å². The average Bonchev–Trinajstić information content (AvgIpc) is 2.88. The number of aromatic nitrogens is 3. The number of morpholine rings is 1. The molecule has 1 aliphatic heterocycles. The fourth-order valence-electron chi connectivity index (χ4n) is 4.23.